The van der Waals surface area contributed by atoms with E-state index in [1.165, 1.54) is 6.08 Å². The van der Waals surface area contributed by atoms with E-state index in [-0.39, 0.29) is 11.7 Å². The second-order valence-corrected chi connectivity index (χ2v) is 6.74. The van der Waals surface area contributed by atoms with Crippen LogP contribution in [0.25, 0.3) is 16.8 Å². The Morgan fingerprint density at radius 2 is 1.65 bits per heavy atom. The smallest absolute Gasteiger partial charge is 0.276 e. The van der Waals surface area contributed by atoms with Crippen LogP contribution in [0.3, 0.4) is 0 Å². The molecule has 31 heavy (non-hydrogen) atoms. The summed E-state index contributed by atoms with van der Waals surface area (Å²) in [6.07, 6.45) is 2.92. The molecule has 0 bridgehead atoms. The molecule has 0 heterocycles. The SMILES string of the molecule is COc1ccccc1/C=C/C(=O)NC(=S)NNC(=O)COc1cccc2ccccc12. The van der Waals surface area contributed by atoms with E-state index in [1.807, 2.05) is 54.6 Å². The molecule has 3 aromatic rings. The van der Waals surface area contributed by atoms with E-state index in [1.54, 1.807) is 25.3 Å². The highest BCUT2D eigenvalue weighted by Gasteiger charge is 2.07. The molecular weight excluding hydrogens is 414 g/mol. The van der Waals surface area contributed by atoms with Crippen LogP contribution >= 0.6 is 12.2 Å². The van der Waals surface area contributed by atoms with Crippen molar-refractivity contribution in [1.82, 2.24) is 16.2 Å². The van der Waals surface area contributed by atoms with Crippen molar-refractivity contribution < 1.29 is 19.1 Å². The van der Waals surface area contributed by atoms with Crippen LogP contribution in [-0.2, 0) is 9.59 Å². The number of fused-ring (bicyclic) bond motifs is 1. The first-order chi connectivity index (χ1) is 15.1. The maximum absolute atomic E-state index is 12.0. The van der Waals surface area contributed by atoms with Crippen LogP contribution in [0.5, 0.6) is 11.5 Å². The maximum atomic E-state index is 12.0. The zero-order valence-corrected chi connectivity index (χ0v) is 17.6. The van der Waals surface area contributed by atoms with Crippen molar-refractivity contribution in [2.24, 2.45) is 0 Å². The molecule has 0 aliphatic rings. The molecule has 3 aromatic carbocycles. The molecule has 3 rings (SSSR count). The Bertz CT molecular complexity index is 1130. The van der Waals surface area contributed by atoms with Crippen LogP contribution in [0.4, 0.5) is 0 Å². The summed E-state index contributed by atoms with van der Waals surface area (Å²) in [4.78, 5) is 24.0. The summed E-state index contributed by atoms with van der Waals surface area (Å²) in [6, 6.07) is 20.6. The molecule has 0 radical (unpaired) electrons. The van der Waals surface area contributed by atoms with Crippen LogP contribution in [-0.4, -0.2) is 30.6 Å². The summed E-state index contributed by atoms with van der Waals surface area (Å²) in [5.74, 6) is 0.343. The first kappa shape index (κ1) is 21.8. The van der Waals surface area contributed by atoms with Gasteiger partial charge < -0.3 is 9.47 Å². The average Bonchev–Trinajstić information content (AvgIpc) is 2.80. The van der Waals surface area contributed by atoms with Gasteiger partial charge in [-0.1, -0.05) is 54.6 Å². The normalized spacial score (nSPS) is 10.5. The minimum Gasteiger partial charge on any atom is -0.496 e. The molecule has 8 heteroatoms. The maximum Gasteiger partial charge on any atom is 0.276 e. The van der Waals surface area contributed by atoms with E-state index >= 15 is 0 Å². The van der Waals surface area contributed by atoms with Gasteiger partial charge in [0.05, 0.1) is 7.11 Å². The van der Waals surface area contributed by atoms with Gasteiger partial charge >= 0.3 is 0 Å². The molecule has 158 valence electrons. The highest BCUT2D eigenvalue weighted by Crippen LogP contribution is 2.24. The number of para-hydroxylation sites is 1. The highest BCUT2D eigenvalue weighted by molar-refractivity contribution is 7.80. The molecule has 0 aliphatic carbocycles. The Balaban J connectivity index is 1.44. The van der Waals surface area contributed by atoms with Gasteiger partial charge in [0, 0.05) is 17.0 Å². The van der Waals surface area contributed by atoms with Crippen molar-refractivity contribution in [1.29, 1.82) is 0 Å². The summed E-state index contributed by atoms with van der Waals surface area (Å²) in [7, 11) is 1.55. The molecule has 0 aliphatic heterocycles. The number of carbonyl (C=O) groups is 2. The monoisotopic (exact) mass is 435 g/mol. The summed E-state index contributed by atoms with van der Waals surface area (Å²) >= 11 is 5.01. The molecule has 2 amide bonds. The van der Waals surface area contributed by atoms with E-state index in [0.29, 0.717) is 11.5 Å². The van der Waals surface area contributed by atoms with Crippen molar-refractivity contribution in [3.05, 3.63) is 78.4 Å². The van der Waals surface area contributed by atoms with Gasteiger partial charge in [-0.05, 0) is 35.8 Å². The quantitative estimate of drug-likeness (QED) is 0.313. The van der Waals surface area contributed by atoms with Crippen LogP contribution in [0.2, 0.25) is 0 Å². The van der Waals surface area contributed by atoms with Crippen LogP contribution in [0.15, 0.2) is 72.8 Å². The van der Waals surface area contributed by atoms with Gasteiger partial charge in [-0.15, -0.1) is 0 Å². The van der Waals surface area contributed by atoms with Crippen molar-refractivity contribution in [2.75, 3.05) is 13.7 Å². The number of ether oxygens (including phenoxy) is 2. The van der Waals surface area contributed by atoms with E-state index in [9.17, 15) is 9.59 Å². The molecule has 7 nitrogen and oxygen atoms in total. The fraction of sp³-hybridized carbons (Fsp3) is 0.0870. The lowest BCUT2D eigenvalue weighted by Gasteiger charge is -2.11. The Morgan fingerprint density at radius 3 is 2.48 bits per heavy atom. The van der Waals surface area contributed by atoms with Gasteiger partial charge in [-0.25, -0.2) is 0 Å². The molecule has 0 aromatic heterocycles. The van der Waals surface area contributed by atoms with Gasteiger partial charge in [0.2, 0.25) is 5.91 Å². The minimum absolute atomic E-state index is 0.0480. The van der Waals surface area contributed by atoms with Crippen molar-refractivity contribution in [2.45, 2.75) is 0 Å². The number of hydrazine groups is 1. The summed E-state index contributed by atoms with van der Waals surface area (Å²) in [5.41, 5.74) is 5.60. The summed E-state index contributed by atoms with van der Waals surface area (Å²) in [5, 5.41) is 4.32. The lowest BCUT2D eigenvalue weighted by atomic mass is 10.1. The molecule has 0 atom stereocenters. The Kier molecular flexibility index (Phi) is 7.56. The van der Waals surface area contributed by atoms with Crippen molar-refractivity contribution in [3.63, 3.8) is 0 Å². The molecule has 0 unspecified atom stereocenters. The number of thiocarbonyl (C=S) groups is 1. The number of hydrogen-bond acceptors (Lipinski definition) is 5. The largest absolute Gasteiger partial charge is 0.496 e. The molecule has 0 saturated heterocycles. The third kappa shape index (κ3) is 6.28. The summed E-state index contributed by atoms with van der Waals surface area (Å²) in [6.45, 7) is -0.217. The van der Waals surface area contributed by atoms with Crippen LogP contribution in [0.1, 0.15) is 5.56 Å². The zero-order chi connectivity index (χ0) is 22.1. The molecule has 0 saturated carbocycles. The average molecular weight is 436 g/mol. The molecular formula is C23H21N3O4S. The predicted molar refractivity (Wildman–Crippen MR) is 123 cm³/mol. The zero-order valence-electron chi connectivity index (χ0n) is 16.8. The number of benzene rings is 3. The number of nitrogens with one attached hydrogen (secondary N) is 3. The van der Waals surface area contributed by atoms with E-state index in [2.05, 4.69) is 16.2 Å². The lowest BCUT2D eigenvalue weighted by Crippen LogP contribution is -2.49. The highest BCUT2D eigenvalue weighted by atomic mass is 32.1. The number of carbonyl (C=O) groups excluding carboxylic acids is 2. The number of rotatable bonds is 6. The minimum atomic E-state index is -0.454. The van der Waals surface area contributed by atoms with Crippen LogP contribution < -0.4 is 25.6 Å². The Hall–Kier alpha value is -3.91. The van der Waals surface area contributed by atoms with Crippen molar-refractivity contribution in [3.8, 4) is 11.5 Å². The van der Waals surface area contributed by atoms with Gasteiger partial charge in [-0.3, -0.25) is 25.8 Å². The lowest BCUT2D eigenvalue weighted by molar-refractivity contribution is -0.123. The molecule has 0 fully saturated rings. The second kappa shape index (κ2) is 10.7. The van der Waals surface area contributed by atoms with Crippen molar-refractivity contribution >= 4 is 46.0 Å². The van der Waals surface area contributed by atoms with E-state index in [0.717, 1.165) is 16.3 Å². The third-order valence-electron chi connectivity index (χ3n) is 4.21. The number of methoxy groups -OCH3 is 1. The standard InChI is InChI=1S/C23H21N3O4S/c1-29-19-11-5-3-8-17(19)13-14-21(27)24-23(31)26-25-22(28)15-30-20-12-6-9-16-7-2-4-10-18(16)20/h2-14H,15H2,1H3,(H,25,28)(H2,24,26,27,31)/b14-13+. The molecule has 0 spiro atoms. The van der Waals surface area contributed by atoms with Gasteiger partial charge in [-0.2, -0.15) is 0 Å². The Morgan fingerprint density at radius 1 is 0.935 bits per heavy atom. The van der Waals surface area contributed by atoms with E-state index in [4.69, 9.17) is 21.7 Å². The topological polar surface area (TPSA) is 88.7 Å². The predicted octanol–water partition coefficient (Wildman–Crippen LogP) is 2.96. The van der Waals surface area contributed by atoms with Gasteiger partial charge in [0.1, 0.15) is 11.5 Å². The molecule has 3 N–H and O–H groups in total. The van der Waals surface area contributed by atoms with E-state index < -0.39 is 11.8 Å². The first-order valence-corrected chi connectivity index (χ1v) is 9.79. The summed E-state index contributed by atoms with van der Waals surface area (Å²) < 4.78 is 10.8. The fourth-order valence-corrected chi connectivity index (χ4v) is 2.93. The third-order valence-corrected chi connectivity index (χ3v) is 4.42. The number of hydrogen-bond donors (Lipinski definition) is 3. The first-order valence-electron chi connectivity index (χ1n) is 9.38. The van der Waals surface area contributed by atoms with Gasteiger partial charge in [0.25, 0.3) is 5.91 Å². The number of amides is 2. The Labute approximate surface area is 185 Å². The van der Waals surface area contributed by atoms with Gasteiger partial charge in [0.15, 0.2) is 11.7 Å². The van der Waals surface area contributed by atoms with Crippen LogP contribution in [0, 0.1) is 0 Å². The fourth-order valence-electron chi connectivity index (χ4n) is 2.78. The second-order valence-electron chi connectivity index (χ2n) is 6.33.